The van der Waals surface area contributed by atoms with Crippen LogP contribution in [-0.4, -0.2) is 11.1 Å². The number of carbonyl (C=O) groups excluding carboxylic acids is 1. The van der Waals surface area contributed by atoms with Crippen LogP contribution < -0.4 is 4.74 Å². The molecule has 3 heteroatoms. The Morgan fingerprint density at radius 2 is 1.74 bits per heavy atom. The zero-order valence-corrected chi connectivity index (χ0v) is 10.5. The number of esters is 1. The maximum Gasteiger partial charge on any atom is 0.308 e. The molecule has 96 valence electrons. The summed E-state index contributed by atoms with van der Waals surface area (Å²) in [6.07, 6.45) is 3.83. The summed E-state index contributed by atoms with van der Waals surface area (Å²) in [6.45, 7) is 1.37. The van der Waals surface area contributed by atoms with Crippen molar-refractivity contribution >= 4 is 18.1 Å². The molecule has 0 aliphatic rings. The van der Waals surface area contributed by atoms with Crippen molar-refractivity contribution in [2.45, 2.75) is 6.92 Å². The molecule has 2 aromatic carbocycles. The topological polar surface area (TPSA) is 46.5 Å². The minimum atomic E-state index is -0.331. The van der Waals surface area contributed by atoms with Crippen molar-refractivity contribution in [2.75, 3.05) is 0 Å². The average molecular weight is 254 g/mol. The lowest BCUT2D eigenvalue weighted by Gasteiger charge is -2.01. The lowest BCUT2D eigenvalue weighted by atomic mass is 10.1. The predicted molar refractivity (Wildman–Crippen MR) is 74.8 cm³/mol. The highest BCUT2D eigenvalue weighted by Crippen LogP contribution is 2.16. The van der Waals surface area contributed by atoms with Gasteiger partial charge in [0.25, 0.3) is 0 Å². The van der Waals surface area contributed by atoms with Crippen LogP contribution in [-0.2, 0) is 4.79 Å². The Balaban J connectivity index is 2.09. The molecule has 0 unspecified atom stereocenters. The largest absolute Gasteiger partial charge is 0.508 e. The number of phenols is 1. The van der Waals surface area contributed by atoms with Crippen molar-refractivity contribution < 1.29 is 14.6 Å². The Morgan fingerprint density at radius 1 is 1.05 bits per heavy atom. The minimum Gasteiger partial charge on any atom is -0.508 e. The van der Waals surface area contributed by atoms with E-state index in [4.69, 9.17) is 4.74 Å². The van der Waals surface area contributed by atoms with E-state index in [1.807, 2.05) is 30.4 Å². The summed E-state index contributed by atoms with van der Waals surface area (Å²) in [5.74, 6) is 0.442. The molecule has 0 saturated carbocycles. The molecule has 19 heavy (non-hydrogen) atoms. The summed E-state index contributed by atoms with van der Waals surface area (Å²) in [7, 11) is 0. The first-order chi connectivity index (χ1) is 9.13. The third-order valence-corrected chi connectivity index (χ3v) is 2.48. The molecular formula is C16H14O3. The zero-order chi connectivity index (χ0) is 13.7. The summed E-state index contributed by atoms with van der Waals surface area (Å²) in [4.78, 5) is 10.8. The van der Waals surface area contributed by atoms with Crippen LogP contribution in [0.5, 0.6) is 11.5 Å². The maximum atomic E-state index is 10.8. The van der Waals surface area contributed by atoms with Gasteiger partial charge in [0.15, 0.2) is 0 Å². The van der Waals surface area contributed by atoms with E-state index in [1.54, 1.807) is 30.3 Å². The zero-order valence-electron chi connectivity index (χ0n) is 10.5. The van der Waals surface area contributed by atoms with Crippen LogP contribution in [0.25, 0.3) is 12.2 Å². The third-order valence-electron chi connectivity index (χ3n) is 2.48. The van der Waals surface area contributed by atoms with Crippen molar-refractivity contribution in [3.63, 3.8) is 0 Å². The van der Waals surface area contributed by atoms with Crippen molar-refractivity contribution in [3.8, 4) is 11.5 Å². The van der Waals surface area contributed by atoms with Gasteiger partial charge < -0.3 is 9.84 Å². The second kappa shape index (κ2) is 5.87. The number of ether oxygens (including phenoxy) is 1. The Hall–Kier alpha value is -2.55. The number of hydrogen-bond acceptors (Lipinski definition) is 3. The molecule has 0 aliphatic carbocycles. The van der Waals surface area contributed by atoms with Crippen LogP contribution in [0.1, 0.15) is 18.1 Å². The minimum absolute atomic E-state index is 0.243. The molecule has 0 bridgehead atoms. The van der Waals surface area contributed by atoms with Crippen molar-refractivity contribution in [3.05, 3.63) is 59.7 Å². The van der Waals surface area contributed by atoms with Crippen LogP contribution in [0.3, 0.4) is 0 Å². The van der Waals surface area contributed by atoms with Gasteiger partial charge in [-0.05, 0) is 35.4 Å². The first kappa shape index (κ1) is 12.9. The van der Waals surface area contributed by atoms with Gasteiger partial charge in [0, 0.05) is 6.92 Å². The average Bonchev–Trinajstić information content (AvgIpc) is 2.37. The van der Waals surface area contributed by atoms with Gasteiger partial charge in [-0.1, -0.05) is 36.4 Å². The van der Waals surface area contributed by atoms with Crippen LogP contribution >= 0.6 is 0 Å². The lowest BCUT2D eigenvalue weighted by molar-refractivity contribution is -0.131. The fourth-order valence-corrected chi connectivity index (χ4v) is 1.63. The maximum absolute atomic E-state index is 10.8. The molecule has 3 nitrogen and oxygen atoms in total. The smallest absolute Gasteiger partial charge is 0.308 e. The Bertz CT molecular complexity index is 598. The van der Waals surface area contributed by atoms with Gasteiger partial charge in [-0.2, -0.15) is 0 Å². The lowest BCUT2D eigenvalue weighted by Crippen LogP contribution is -2.00. The number of carbonyl (C=O) groups is 1. The van der Waals surface area contributed by atoms with E-state index in [0.29, 0.717) is 5.75 Å². The van der Waals surface area contributed by atoms with Gasteiger partial charge in [-0.25, -0.2) is 0 Å². The van der Waals surface area contributed by atoms with Crippen LogP contribution in [0.4, 0.5) is 0 Å². The highest BCUT2D eigenvalue weighted by molar-refractivity contribution is 5.71. The summed E-state index contributed by atoms with van der Waals surface area (Å²) in [5, 5.41) is 9.35. The number of aromatic hydroxyl groups is 1. The number of phenolic OH excluding ortho intramolecular Hbond substituents is 1. The Labute approximate surface area is 111 Å². The van der Waals surface area contributed by atoms with Gasteiger partial charge in [0.1, 0.15) is 11.5 Å². The molecule has 2 rings (SSSR count). The molecule has 0 heterocycles. The molecule has 0 aromatic heterocycles. The van der Waals surface area contributed by atoms with Gasteiger partial charge in [0.2, 0.25) is 0 Å². The van der Waals surface area contributed by atoms with Crippen molar-refractivity contribution in [2.24, 2.45) is 0 Å². The molecule has 0 amide bonds. The monoisotopic (exact) mass is 254 g/mol. The van der Waals surface area contributed by atoms with Crippen molar-refractivity contribution in [1.82, 2.24) is 0 Å². The highest BCUT2D eigenvalue weighted by Gasteiger charge is 1.96. The SMILES string of the molecule is CC(=O)Oc1ccc(C=Cc2cccc(O)c2)cc1. The number of benzene rings is 2. The Kier molecular flexibility index (Phi) is 3.98. The van der Waals surface area contributed by atoms with E-state index in [2.05, 4.69) is 0 Å². The summed E-state index contributed by atoms with van der Waals surface area (Å²) in [6, 6.07) is 14.2. The summed E-state index contributed by atoms with van der Waals surface area (Å²) in [5.41, 5.74) is 1.91. The van der Waals surface area contributed by atoms with Gasteiger partial charge in [-0.3, -0.25) is 4.79 Å². The van der Waals surface area contributed by atoms with E-state index < -0.39 is 0 Å². The molecule has 0 aliphatic heterocycles. The van der Waals surface area contributed by atoms with E-state index in [1.165, 1.54) is 6.92 Å². The Morgan fingerprint density at radius 3 is 2.37 bits per heavy atom. The molecule has 0 saturated heterocycles. The van der Waals surface area contributed by atoms with E-state index in [0.717, 1.165) is 11.1 Å². The van der Waals surface area contributed by atoms with Crippen LogP contribution in [0.2, 0.25) is 0 Å². The van der Waals surface area contributed by atoms with Crippen LogP contribution in [0, 0.1) is 0 Å². The molecule has 0 fully saturated rings. The standard InChI is InChI=1S/C16H14O3/c1-12(17)19-16-9-7-13(8-10-16)5-6-14-3-2-4-15(18)11-14/h2-11,18H,1H3. The number of rotatable bonds is 3. The van der Waals surface area contributed by atoms with E-state index in [9.17, 15) is 9.90 Å². The van der Waals surface area contributed by atoms with Gasteiger partial charge in [0.05, 0.1) is 0 Å². The molecule has 0 atom stereocenters. The molecular weight excluding hydrogens is 240 g/mol. The fraction of sp³-hybridized carbons (Fsp3) is 0.0625. The first-order valence-electron chi connectivity index (χ1n) is 5.89. The second-order valence-electron chi connectivity index (χ2n) is 4.09. The molecule has 1 N–H and O–H groups in total. The first-order valence-corrected chi connectivity index (χ1v) is 5.89. The van der Waals surface area contributed by atoms with Crippen molar-refractivity contribution in [1.29, 1.82) is 0 Å². The highest BCUT2D eigenvalue weighted by atomic mass is 16.5. The molecule has 2 aromatic rings. The predicted octanol–water partition coefficient (Wildman–Crippen LogP) is 3.49. The molecule has 0 radical (unpaired) electrons. The van der Waals surface area contributed by atoms with Crippen LogP contribution in [0.15, 0.2) is 48.5 Å². The number of hydrogen-bond donors (Lipinski definition) is 1. The van der Waals surface area contributed by atoms with E-state index >= 15 is 0 Å². The quantitative estimate of drug-likeness (QED) is 0.518. The normalized spacial score (nSPS) is 10.6. The molecule has 0 spiro atoms. The van der Waals surface area contributed by atoms with Gasteiger partial charge >= 0.3 is 5.97 Å². The second-order valence-corrected chi connectivity index (χ2v) is 4.09. The van der Waals surface area contributed by atoms with E-state index in [-0.39, 0.29) is 11.7 Å². The van der Waals surface area contributed by atoms with Gasteiger partial charge in [-0.15, -0.1) is 0 Å². The summed E-state index contributed by atoms with van der Waals surface area (Å²) < 4.78 is 4.95. The summed E-state index contributed by atoms with van der Waals surface area (Å²) >= 11 is 0. The third kappa shape index (κ3) is 4.00. The fourth-order valence-electron chi connectivity index (χ4n) is 1.63.